The molecule has 7 heteroatoms. The lowest BCUT2D eigenvalue weighted by molar-refractivity contribution is -0.0138. The van der Waals surface area contributed by atoms with Crippen LogP contribution in [0.3, 0.4) is 0 Å². The van der Waals surface area contributed by atoms with Gasteiger partial charge in [0.05, 0.1) is 19.2 Å². The third-order valence-electron chi connectivity index (χ3n) is 4.65. The molecule has 0 spiro atoms. The van der Waals surface area contributed by atoms with E-state index in [0.29, 0.717) is 24.5 Å². The number of hydrogen-bond donors (Lipinski definition) is 0. The largest absolute Gasteiger partial charge is 0.465 e. The summed E-state index contributed by atoms with van der Waals surface area (Å²) in [7, 11) is 1.34. The molecule has 3 heterocycles. The predicted molar refractivity (Wildman–Crippen MR) is 90.2 cm³/mol. The molecule has 1 fully saturated rings. The first-order valence-corrected chi connectivity index (χ1v) is 8.13. The Hall–Kier alpha value is -2.44. The molecule has 3 rings (SSSR count). The van der Waals surface area contributed by atoms with E-state index in [0.717, 1.165) is 11.3 Å². The summed E-state index contributed by atoms with van der Waals surface area (Å²) in [6, 6.07) is 5.37. The molecule has 0 amide bonds. The molecular formula is C18H21F2N3O2. The van der Waals surface area contributed by atoms with Crippen molar-refractivity contribution in [3.8, 4) is 0 Å². The second-order valence-corrected chi connectivity index (χ2v) is 6.52. The van der Waals surface area contributed by atoms with Crippen molar-refractivity contribution in [3.05, 3.63) is 47.4 Å². The molecule has 1 saturated heterocycles. The van der Waals surface area contributed by atoms with E-state index in [1.165, 1.54) is 7.11 Å². The number of pyridine rings is 1. The lowest BCUT2D eigenvalue weighted by Crippen LogP contribution is -2.27. The number of carbonyl (C=O) groups is 1. The monoisotopic (exact) mass is 349 g/mol. The molecule has 0 N–H and O–H groups in total. The zero-order valence-electron chi connectivity index (χ0n) is 14.5. The maximum atomic E-state index is 13.7. The van der Waals surface area contributed by atoms with E-state index in [1.807, 2.05) is 17.6 Å². The van der Waals surface area contributed by atoms with Crippen molar-refractivity contribution in [2.75, 3.05) is 25.1 Å². The van der Waals surface area contributed by atoms with E-state index in [2.05, 4.69) is 4.98 Å². The van der Waals surface area contributed by atoms with Gasteiger partial charge in [-0.15, -0.1) is 0 Å². The zero-order valence-corrected chi connectivity index (χ0v) is 14.5. The van der Waals surface area contributed by atoms with Gasteiger partial charge >= 0.3 is 5.97 Å². The quantitative estimate of drug-likeness (QED) is 0.796. The van der Waals surface area contributed by atoms with E-state index < -0.39 is 11.8 Å². The van der Waals surface area contributed by atoms with Crippen molar-refractivity contribution < 1.29 is 18.3 Å². The number of nitrogens with zero attached hydrogens (tertiary/aromatic N) is 3. The van der Waals surface area contributed by atoms with Gasteiger partial charge in [0.1, 0.15) is 5.82 Å². The first-order chi connectivity index (χ1) is 11.8. The average Bonchev–Trinajstić information content (AvgIpc) is 3.13. The average molecular weight is 349 g/mol. The summed E-state index contributed by atoms with van der Waals surface area (Å²) in [4.78, 5) is 17.6. The van der Waals surface area contributed by atoms with Crippen molar-refractivity contribution in [1.29, 1.82) is 0 Å². The van der Waals surface area contributed by atoms with Gasteiger partial charge in [-0.2, -0.15) is 0 Å². The van der Waals surface area contributed by atoms with Crippen molar-refractivity contribution in [1.82, 2.24) is 9.55 Å². The first kappa shape index (κ1) is 17.4. The third-order valence-corrected chi connectivity index (χ3v) is 4.65. The minimum absolute atomic E-state index is 0.292. The standard InChI is InChI=1S/C18H21F2N3O2/c1-12-8-23(11-18(12,19)20)16-5-4-14(13(2)21-16)9-22-7-6-15(10-22)17(24)25-3/h4-7,10,12H,8-9,11H2,1-3H3. The third kappa shape index (κ3) is 3.50. The van der Waals surface area contributed by atoms with E-state index in [1.54, 1.807) is 36.4 Å². The Labute approximate surface area is 145 Å². The van der Waals surface area contributed by atoms with Crippen molar-refractivity contribution in [3.63, 3.8) is 0 Å². The number of alkyl halides is 2. The number of anilines is 1. The van der Waals surface area contributed by atoms with Crippen LogP contribution in [0.1, 0.15) is 28.5 Å². The lowest BCUT2D eigenvalue weighted by Gasteiger charge is -2.18. The highest BCUT2D eigenvalue weighted by Gasteiger charge is 2.45. The van der Waals surface area contributed by atoms with Crippen LogP contribution in [0.5, 0.6) is 0 Å². The molecule has 2 aromatic heterocycles. The van der Waals surface area contributed by atoms with Crippen molar-refractivity contribution >= 4 is 11.8 Å². The van der Waals surface area contributed by atoms with Gasteiger partial charge in [0, 0.05) is 37.1 Å². The number of rotatable bonds is 4. The van der Waals surface area contributed by atoms with Crippen LogP contribution in [0.2, 0.25) is 0 Å². The van der Waals surface area contributed by atoms with E-state index in [-0.39, 0.29) is 12.5 Å². The minimum atomic E-state index is -2.68. The summed E-state index contributed by atoms with van der Waals surface area (Å²) >= 11 is 0. The number of methoxy groups -OCH3 is 1. The number of esters is 1. The summed E-state index contributed by atoms with van der Waals surface area (Å²) in [5.74, 6) is -3.16. The second kappa shape index (κ2) is 6.46. The van der Waals surface area contributed by atoms with Gasteiger partial charge in [-0.1, -0.05) is 13.0 Å². The number of halogens is 2. The topological polar surface area (TPSA) is 47.4 Å². The molecule has 134 valence electrons. The Bertz CT molecular complexity index is 788. The summed E-state index contributed by atoms with van der Waals surface area (Å²) < 4.78 is 34.0. The predicted octanol–water partition coefficient (Wildman–Crippen LogP) is 3.12. The van der Waals surface area contributed by atoms with Crippen LogP contribution >= 0.6 is 0 Å². The second-order valence-electron chi connectivity index (χ2n) is 6.52. The molecule has 5 nitrogen and oxygen atoms in total. The molecule has 0 saturated carbocycles. The molecule has 1 aliphatic heterocycles. The molecule has 2 aromatic rings. The lowest BCUT2D eigenvalue weighted by atomic mass is 10.1. The van der Waals surface area contributed by atoms with E-state index in [4.69, 9.17) is 4.74 Å². The number of aryl methyl sites for hydroxylation is 1. The summed E-state index contributed by atoms with van der Waals surface area (Å²) in [5.41, 5.74) is 2.24. The first-order valence-electron chi connectivity index (χ1n) is 8.13. The van der Waals surface area contributed by atoms with Crippen LogP contribution < -0.4 is 4.90 Å². The molecule has 0 radical (unpaired) electrons. The normalized spacial score (nSPS) is 19.2. The Balaban J connectivity index is 1.74. The summed E-state index contributed by atoms with van der Waals surface area (Å²) in [6.07, 6.45) is 3.50. The van der Waals surface area contributed by atoms with Gasteiger partial charge in [0.25, 0.3) is 5.92 Å². The Kier molecular flexibility index (Phi) is 4.49. The van der Waals surface area contributed by atoms with Crippen molar-refractivity contribution in [2.24, 2.45) is 5.92 Å². The van der Waals surface area contributed by atoms with Crippen LogP contribution in [-0.4, -0.2) is 41.6 Å². The van der Waals surface area contributed by atoms with Crippen molar-refractivity contribution in [2.45, 2.75) is 26.3 Å². The Morgan fingerprint density at radius 2 is 2.16 bits per heavy atom. The highest BCUT2D eigenvalue weighted by atomic mass is 19.3. The molecule has 1 unspecified atom stereocenters. The fourth-order valence-corrected chi connectivity index (χ4v) is 3.01. The highest BCUT2D eigenvalue weighted by Crippen LogP contribution is 2.34. The number of carbonyl (C=O) groups excluding carboxylic acids is 1. The van der Waals surface area contributed by atoms with Gasteiger partial charge in [-0.3, -0.25) is 0 Å². The SMILES string of the molecule is COC(=O)c1ccn(Cc2ccc(N3CC(C)C(F)(F)C3)nc2C)c1. The van der Waals surface area contributed by atoms with Gasteiger partial charge in [-0.05, 0) is 24.6 Å². The molecular weight excluding hydrogens is 328 g/mol. The molecule has 1 aliphatic rings. The van der Waals surface area contributed by atoms with Crippen LogP contribution in [-0.2, 0) is 11.3 Å². The Morgan fingerprint density at radius 1 is 1.40 bits per heavy atom. The van der Waals surface area contributed by atoms with Gasteiger partial charge in [0.15, 0.2) is 0 Å². The van der Waals surface area contributed by atoms with E-state index >= 15 is 0 Å². The zero-order chi connectivity index (χ0) is 18.2. The van der Waals surface area contributed by atoms with Crippen LogP contribution in [0, 0.1) is 12.8 Å². The fourth-order valence-electron chi connectivity index (χ4n) is 3.01. The van der Waals surface area contributed by atoms with Gasteiger partial charge < -0.3 is 14.2 Å². The maximum absolute atomic E-state index is 13.7. The number of aromatic nitrogens is 2. The van der Waals surface area contributed by atoms with Gasteiger partial charge in [0.2, 0.25) is 0 Å². The molecule has 0 aromatic carbocycles. The fraction of sp³-hybridized carbons (Fsp3) is 0.444. The molecule has 0 aliphatic carbocycles. The van der Waals surface area contributed by atoms with E-state index in [9.17, 15) is 13.6 Å². The molecule has 1 atom stereocenters. The maximum Gasteiger partial charge on any atom is 0.339 e. The van der Waals surface area contributed by atoms with Crippen LogP contribution in [0.4, 0.5) is 14.6 Å². The summed E-state index contributed by atoms with van der Waals surface area (Å²) in [6.45, 7) is 3.98. The van der Waals surface area contributed by atoms with Crippen LogP contribution in [0.15, 0.2) is 30.6 Å². The summed E-state index contributed by atoms with van der Waals surface area (Å²) in [5, 5.41) is 0. The highest BCUT2D eigenvalue weighted by molar-refractivity contribution is 5.89. The minimum Gasteiger partial charge on any atom is -0.465 e. The smallest absolute Gasteiger partial charge is 0.339 e. The number of hydrogen-bond acceptors (Lipinski definition) is 4. The molecule has 0 bridgehead atoms. The van der Waals surface area contributed by atoms with Crippen LogP contribution in [0.25, 0.3) is 0 Å². The molecule has 25 heavy (non-hydrogen) atoms. The number of ether oxygens (including phenoxy) is 1. The van der Waals surface area contributed by atoms with Gasteiger partial charge in [-0.25, -0.2) is 18.6 Å². The Morgan fingerprint density at radius 3 is 2.76 bits per heavy atom.